The second kappa shape index (κ2) is 6.64. The predicted octanol–water partition coefficient (Wildman–Crippen LogP) is 3.96. The molecule has 100 valence electrons. The van der Waals surface area contributed by atoms with Gasteiger partial charge >= 0.3 is 0 Å². The average Bonchev–Trinajstić information content (AvgIpc) is 2.41. The second-order valence-corrected chi connectivity index (χ2v) is 4.78. The third-order valence-electron chi connectivity index (χ3n) is 2.83. The predicted molar refractivity (Wildman–Crippen MR) is 75.8 cm³/mol. The molecular formula is C15H16ClFN2. The number of benzene rings is 1. The molecule has 4 heteroatoms. The largest absolute Gasteiger partial charge is 0.305 e. The van der Waals surface area contributed by atoms with Crippen LogP contribution < -0.4 is 5.32 Å². The third-order valence-corrected chi connectivity index (χ3v) is 3.06. The van der Waals surface area contributed by atoms with Crippen LogP contribution in [0.5, 0.6) is 0 Å². The van der Waals surface area contributed by atoms with Crippen LogP contribution in [0.2, 0.25) is 5.02 Å². The van der Waals surface area contributed by atoms with Crippen molar-refractivity contribution < 1.29 is 4.39 Å². The van der Waals surface area contributed by atoms with E-state index in [1.807, 2.05) is 24.3 Å². The first-order chi connectivity index (χ1) is 9.20. The maximum Gasteiger partial charge on any atom is 0.141 e. The average molecular weight is 279 g/mol. The summed E-state index contributed by atoms with van der Waals surface area (Å²) in [5.41, 5.74) is 1.82. The van der Waals surface area contributed by atoms with Crippen LogP contribution >= 0.6 is 11.6 Å². The molecule has 0 aliphatic heterocycles. The Morgan fingerprint density at radius 1 is 1.32 bits per heavy atom. The minimum atomic E-state index is -0.330. The van der Waals surface area contributed by atoms with Crippen LogP contribution in [0, 0.1) is 5.82 Å². The Balaban J connectivity index is 2.32. The van der Waals surface area contributed by atoms with Crippen LogP contribution in [-0.4, -0.2) is 11.5 Å². The fraction of sp³-hybridized carbons (Fsp3) is 0.267. The molecule has 0 bridgehead atoms. The van der Waals surface area contributed by atoms with Gasteiger partial charge in [-0.15, -0.1) is 0 Å². The van der Waals surface area contributed by atoms with Gasteiger partial charge in [-0.1, -0.05) is 30.7 Å². The van der Waals surface area contributed by atoms with E-state index in [1.54, 1.807) is 6.07 Å². The molecular weight excluding hydrogens is 263 g/mol. The molecule has 1 aromatic heterocycles. The first-order valence-corrected chi connectivity index (χ1v) is 6.69. The number of nitrogens with one attached hydrogen (secondary N) is 1. The second-order valence-electron chi connectivity index (χ2n) is 4.34. The highest BCUT2D eigenvalue weighted by Gasteiger charge is 2.14. The Morgan fingerprint density at radius 3 is 2.79 bits per heavy atom. The lowest BCUT2D eigenvalue weighted by molar-refractivity contribution is 0.576. The summed E-state index contributed by atoms with van der Waals surface area (Å²) >= 11 is 6.03. The number of nitrogens with zero attached hydrogens (tertiary/aromatic N) is 1. The van der Waals surface area contributed by atoms with Crippen molar-refractivity contribution in [1.29, 1.82) is 0 Å². The molecule has 2 nitrogen and oxygen atoms in total. The first-order valence-electron chi connectivity index (χ1n) is 6.31. The van der Waals surface area contributed by atoms with Crippen molar-refractivity contribution in [2.45, 2.75) is 19.4 Å². The number of pyridine rings is 1. The van der Waals surface area contributed by atoms with Gasteiger partial charge in [0.15, 0.2) is 0 Å². The maximum absolute atomic E-state index is 13.0. The fourth-order valence-corrected chi connectivity index (χ4v) is 2.12. The van der Waals surface area contributed by atoms with Crippen LogP contribution in [0.4, 0.5) is 4.39 Å². The first kappa shape index (κ1) is 14.0. The summed E-state index contributed by atoms with van der Waals surface area (Å²) in [6, 6.07) is 10.7. The van der Waals surface area contributed by atoms with Crippen LogP contribution in [0.1, 0.15) is 30.6 Å². The Labute approximate surface area is 117 Å². The quantitative estimate of drug-likeness (QED) is 0.895. The number of aromatic nitrogens is 1. The molecule has 0 aliphatic rings. The van der Waals surface area contributed by atoms with Crippen molar-refractivity contribution in [3.05, 3.63) is 64.7 Å². The van der Waals surface area contributed by atoms with Crippen molar-refractivity contribution in [1.82, 2.24) is 10.3 Å². The van der Waals surface area contributed by atoms with Crippen LogP contribution in [-0.2, 0) is 0 Å². The van der Waals surface area contributed by atoms with Gasteiger partial charge < -0.3 is 5.32 Å². The zero-order valence-electron chi connectivity index (χ0n) is 10.7. The zero-order chi connectivity index (χ0) is 13.7. The molecule has 0 aliphatic carbocycles. The number of rotatable bonds is 5. The van der Waals surface area contributed by atoms with Crippen molar-refractivity contribution in [2.75, 3.05) is 6.54 Å². The van der Waals surface area contributed by atoms with E-state index in [2.05, 4.69) is 17.2 Å². The molecule has 0 spiro atoms. The summed E-state index contributed by atoms with van der Waals surface area (Å²) in [6.45, 7) is 2.95. The van der Waals surface area contributed by atoms with Gasteiger partial charge in [-0.05, 0) is 42.8 Å². The number of hydrogen-bond acceptors (Lipinski definition) is 2. The summed E-state index contributed by atoms with van der Waals surface area (Å²) in [4.78, 5) is 4.16. The van der Waals surface area contributed by atoms with E-state index in [0.29, 0.717) is 5.02 Å². The molecule has 2 rings (SSSR count). The highest BCUT2D eigenvalue weighted by atomic mass is 35.5. The van der Waals surface area contributed by atoms with Crippen molar-refractivity contribution in [3.63, 3.8) is 0 Å². The highest BCUT2D eigenvalue weighted by Crippen LogP contribution is 2.23. The molecule has 1 N–H and O–H groups in total. The monoisotopic (exact) mass is 278 g/mol. The summed E-state index contributed by atoms with van der Waals surface area (Å²) in [7, 11) is 0. The van der Waals surface area contributed by atoms with Gasteiger partial charge in [0.05, 0.1) is 17.9 Å². The lowest BCUT2D eigenvalue weighted by atomic mass is 10.0. The molecule has 0 fully saturated rings. The van der Waals surface area contributed by atoms with Gasteiger partial charge in [-0.3, -0.25) is 4.98 Å². The van der Waals surface area contributed by atoms with E-state index < -0.39 is 0 Å². The van der Waals surface area contributed by atoms with Crippen LogP contribution in [0.3, 0.4) is 0 Å². The van der Waals surface area contributed by atoms with Crippen LogP contribution in [0.25, 0.3) is 0 Å². The Morgan fingerprint density at radius 2 is 2.16 bits per heavy atom. The van der Waals surface area contributed by atoms with Gasteiger partial charge in [-0.2, -0.15) is 0 Å². The van der Waals surface area contributed by atoms with Gasteiger partial charge in [0.25, 0.3) is 0 Å². The molecule has 1 aromatic carbocycles. The zero-order valence-corrected chi connectivity index (χ0v) is 11.5. The molecule has 0 saturated heterocycles. The summed E-state index contributed by atoms with van der Waals surface area (Å²) in [6.07, 6.45) is 2.25. The molecule has 1 atom stereocenters. The highest BCUT2D eigenvalue weighted by molar-refractivity contribution is 6.30. The van der Waals surface area contributed by atoms with E-state index in [-0.39, 0.29) is 11.9 Å². The van der Waals surface area contributed by atoms with E-state index >= 15 is 0 Å². The minimum absolute atomic E-state index is 0.0701. The Kier molecular flexibility index (Phi) is 4.88. The third kappa shape index (κ3) is 3.75. The summed E-state index contributed by atoms with van der Waals surface area (Å²) < 4.78 is 13.0. The van der Waals surface area contributed by atoms with Gasteiger partial charge in [0.1, 0.15) is 5.82 Å². The maximum atomic E-state index is 13.0. The molecule has 1 unspecified atom stereocenters. The Bertz CT molecular complexity index is 528. The van der Waals surface area contributed by atoms with Crippen LogP contribution in [0.15, 0.2) is 42.6 Å². The fourth-order valence-electron chi connectivity index (χ4n) is 1.93. The van der Waals surface area contributed by atoms with Crippen molar-refractivity contribution in [3.8, 4) is 0 Å². The number of halogens is 2. The molecule has 19 heavy (non-hydrogen) atoms. The van der Waals surface area contributed by atoms with E-state index in [0.717, 1.165) is 24.2 Å². The smallest absolute Gasteiger partial charge is 0.141 e. The van der Waals surface area contributed by atoms with Crippen molar-refractivity contribution >= 4 is 11.6 Å². The summed E-state index contributed by atoms with van der Waals surface area (Å²) in [5.74, 6) is -0.330. The SMILES string of the molecule is CCCNC(c1cccc(Cl)c1)c1ccc(F)cn1. The molecule has 2 aromatic rings. The van der Waals surface area contributed by atoms with Gasteiger partial charge in [0.2, 0.25) is 0 Å². The molecule has 0 radical (unpaired) electrons. The standard InChI is InChI=1S/C15H16ClFN2/c1-2-8-18-15(11-4-3-5-12(16)9-11)14-7-6-13(17)10-19-14/h3-7,9-10,15,18H,2,8H2,1H3. The van der Waals surface area contributed by atoms with E-state index in [1.165, 1.54) is 12.3 Å². The molecule has 1 heterocycles. The number of hydrogen-bond donors (Lipinski definition) is 1. The van der Waals surface area contributed by atoms with Gasteiger partial charge in [0, 0.05) is 5.02 Å². The lowest BCUT2D eigenvalue weighted by Gasteiger charge is -2.18. The molecule has 0 amide bonds. The van der Waals surface area contributed by atoms with E-state index in [9.17, 15) is 4.39 Å². The molecule has 0 saturated carbocycles. The topological polar surface area (TPSA) is 24.9 Å². The normalized spacial score (nSPS) is 12.4. The van der Waals surface area contributed by atoms with E-state index in [4.69, 9.17) is 11.6 Å². The van der Waals surface area contributed by atoms with Gasteiger partial charge in [-0.25, -0.2) is 4.39 Å². The Hall–Kier alpha value is -1.45. The summed E-state index contributed by atoms with van der Waals surface area (Å²) in [5, 5.41) is 4.09. The lowest BCUT2D eigenvalue weighted by Crippen LogP contribution is -2.24. The van der Waals surface area contributed by atoms with Crippen molar-refractivity contribution in [2.24, 2.45) is 0 Å². The minimum Gasteiger partial charge on any atom is -0.305 e.